The molecule has 0 bridgehead atoms. The fourth-order valence-corrected chi connectivity index (χ4v) is 5.85. The van der Waals surface area contributed by atoms with E-state index in [2.05, 4.69) is 10.3 Å². The molecule has 1 aliphatic rings. The van der Waals surface area contributed by atoms with E-state index in [0.717, 1.165) is 40.3 Å². The minimum atomic E-state index is -1.04. The van der Waals surface area contributed by atoms with Gasteiger partial charge < -0.3 is 15.8 Å². The van der Waals surface area contributed by atoms with Crippen molar-refractivity contribution in [3.05, 3.63) is 56.4 Å². The van der Waals surface area contributed by atoms with Gasteiger partial charge in [0.2, 0.25) is 0 Å². The lowest BCUT2D eigenvalue weighted by Crippen LogP contribution is -2.31. The lowest BCUT2D eigenvalue weighted by Gasteiger charge is -2.13. The summed E-state index contributed by atoms with van der Waals surface area (Å²) in [5.41, 5.74) is 8.22. The van der Waals surface area contributed by atoms with Crippen LogP contribution in [0, 0.1) is 0 Å². The lowest BCUT2D eigenvalue weighted by atomic mass is 10.1. The van der Waals surface area contributed by atoms with Gasteiger partial charge in [0, 0.05) is 20.8 Å². The highest BCUT2D eigenvalue weighted by Crippen LogP contribution is 2.39. The first-order chi connectivity index (χ1) is 15.3. The number of hydrogen-bond donors (Lipinski definition) is 2. The second-order valence-corrected chi connectivity index (χ2v) is 9.78. The molecule has 10 heteroatoms. The van der Waals surface area contributed by atoms with Crippen molar-refractivity contribution >= 4 is 57.1 Å². The summed E-state index contributed by atoms with van der Waals surface area (Å²) in [5.74, 6) is -1.65. The number of aromatic nitrogens is 1. The quantitative estimate of drug-likeness (QED) is 0.482. The van der Waals surface area contributed by atoms with Gasteiger partial charge in [-0.3, -0.25) is 14.4 Å². The van der Waals surface area contributed by atoms with Crippen LogP contribution in [0.4, 0.5) is 5.00 Å². The van der Waals surface area contributed by atoms with Gasteiger partial charge >= 0.3 is 5.97 Å². The summed E-state index contributed by atoms with van der Waals surface area (Å²) in [4.78, 5) is 42.3. The average molecular weight is 490 g/mol. The molecule has 3 N–H and O–H groups in total. The van der Waals surface area contributed by atoms with Gasteiger partial charge in [0.1, 0.15) is 10.0 Å². The maximum Gasteiger partial charge on any atom is 0.312 e. The SMILES string of the molecule is CC(OC(=O)Cc1csc(-c2cccc(Cl)c2)n1)C(=O)Nc1sc2c(c1C(N)=O)CCC2. The van der Waals surface area contributed by atoms with Crippen LogP contribution < -0.4 is 11.1 Å². The molecule has 2 aromatic heterocycles. The second kappa shape index (κ2) is 9.40. The summed E-state index contributed by atoms with van der Waals surface area (Å²) in [6.45, 7) is 1.48. The van der Waals surface area contributed by atoms with Gasteiger partial charge in [0.15, 0.2) is 6.10 Å². The summed E-state index contributed by atoms with van der Waals surface area (Å²) in [6, 6.07) is 7.30. The van der Waals surface area contributed by atoms with Crippen molar-refractivity contribution in [2.75, 3.05) is 5.32 Å². The van der Waals surface area contributed by atoms with Crippen LogP contribution in [0.2, 0.25) is 5.02 Å². The number of carbonyl (C=O) groups is 3. The number of rotatable bonds is 7. The number of anilines is 1. The summed E-state index contributed by atoms with van der Waals surface area (Å²) in [6.07, 6.45) is 1.51. The van der Waals surface area contributed by atoms with Crippen molar-refractivity contribution < 1.29 is 19.1 Å². The number of esters is 1. The number of benzene rings is 1. The van der Waals surface area contributed by atoms with Gasteiger partial charge in [-0.25, -0.2) is 4.98 Å². The van der Waals surface area contributed by atoms with E-state index in [0.29, 0.717) is 21.3 Å². The van der Waals surface area contributed by atoms with E-state index in [1.54, 1.807) is 17.5 Å². The van der Waals surface area contributed by atoms with Gasteiger partial charge in [-0.2, -0.15) is 0 Å². The molecule has 2 heterocycles. The molecule has 32 heavy (non-hydrogen) atoms. The van der Waals surface area contributed by atoms with E-state index in [4.69, 9.17) is 22.1 Å². The van der Waals surface area contributed by atoms with Crippen molar-refractivity contribution in [2.45, 2.75) is 38.7 Å². The Morgan fingerprint density at radius 3 is 2.88 bits per heavy atom. The van der Waals surface area contributed by atoms with Gasteiger partial charge in [-0.1, -0.05) is 23.7 Å². The molecule has 2 amide bonds. The summed E-state index contributed by atoms with van der Waals surface area (Å²) in [5, 5.41) is 6.23. The smallest absolute Gasteiger partial charge is 0.312 e. The van der Waals surface area contributed by atoms with Crippen molar-refractivity contribution in [3.8, 4) is 10.6 Å². The molecule has 0 spiro atoms. The van der Waals surface area contributed by atoms with Crippen LogP contribution in [0.3, 0.4) is 0 Å². The van der Waals surface area contributed by atoms with Crippen LogP contribution in [0.25, 0.3) is 10.6 Å². The minimum absolute atomic E-state index is 0.0610. The maximum atomic E-state index is 12.6. The van der Waals surface area contributed by atoms with Gasteiger partial charge in [-0.05, 0) is 43.9 Å². The molecule has 3 aromatic rings. The molecule has 1 aliphatic carbocycles. The predicted molar refractivity (Wildman–Crippen MR) is 125 cm³/mol. The van der Waals surface area contributed by atoms with Crippen LogP contribution in [0.5, 0.6) is 0 Å². The highest BCUT2D eigenvalue weighted by atomic mass is 35.5. The standard InChI is InChI=1S/C22H20ClN3O4S2/c1-11(20(29)26-22-18(19(24)28)15-6-3-7-16(15)32-22)30-17(27)9-14-10-31-21(25-14)12-4-2-5-13(23)8-12/h2,4-5,8,10-11H,3,6-7,9H2,1H3,(H2,24,28)(H,26,29). The first-order valence-electron chi connectivity index (χ1n) is 9.97. The van der Waals surface area contributed by atoms with Crippen LogP contribution in [0.15, 0.2) is 29.6 Å². The van der Waals surface area contributed by atoms with Crippen LogP contribution in [0.1, 0.15) is 39.8 Å². The zero-order chi connectivity index (χ0) is 22.8. The number of thiazole rings is 1. The van der Waals surface area contributed by atoms with Crippen LogP contribution in [-0.4, -0.2) is 28.9 Å². The van der Waals surface area contributed by atoms with Crippen molar-refractivity contribution in [1.29, 1.82) is 0 Å². The largest absolute Gasteiger partial charge is 0.452 e. The summed E-state index contributed by atoms with van der Waals surface area (Å²) < 4.78 is 5.28. The molecule has 0 fully saturated rings. The number of hydrogen-bond acceptors (Lipinski definition) is 7. The predicted octanol–water partition coefficient (Wildman–Crippen LogP) is 4.23. The number of aryl methyl sites for hydroxylation is 1. The van der Waals surface area contributed by atoms with E-state index in [1.165, 1.54) is 29.6 Å². The summed E-state index contributed by atoms with van der Waals surface area (Å²) in [7, 11) is 0. The first kappa shape index (κ1) is 22.4. The van der Waals surface area contributed by atoms with E-state index in [9.17, 15) is 14.4 Å². The van der Waals surface area contributed by atoms with Gasteiger partial charge in [-0.15, -0.1) is 22.7 Å². The van der Waals surface area contributed by atoms with Gasteiger partial charge in [0.25, 0.3) is 11.8 Å². The lowest BCUT2D eigenvalue weighted by molar-refractivity contribution is -0.152. The molecule has 7 nitrogen and oxygen atoms in total. The molecule has 0 radical (unpaired) electrons. The first-order valence-corrected chi connectivity index (χ1v) is 12.0. The highest BCUT2D eigenvalue weighted by Gasteiger charge is 2.28. The number of thiophene rings is 1. The van der Waals surface area contributed by atoms with E-state index in [-0.39, 0.29) is 6.42 Å². The Kier molecular flexibility index (Phi) is 6.59. The zero-order valence-electron chi connectivity index (χ0n) is 17.1. The van der Waals surface area contributed by atoms with Crippen molar-refractivity contribution in [3.63, 3.8) is 0 Å². The van der Waals surface area contributed by atoms with E-state index in [1.807, 2.05) is 12.1 Å². The normalized spacial score (nSPS) is 13.4. The Morgan fingerprint density at radius 2 is 2.12 bits per heavy atom. The molecule has 4 rings (SSSR count). The average Bonchev–Trinajstić information content (AvgIpc) is 3.43. The molecule has 166 valence electrons. The number of fused-ring (bicyclic) bond motifs is 1. The maximum absolute atomic E-state index is 12.6. The number of nitrogens with two attached hydrogens (primary N) is 1. The van der Waals surface area contributed by atoms with Gasteiger partial charge in [0.05, 0.1) is 17.7 Å². The number of ether oxygens (including phenoxy) is 1. The van der Waals surface area contributed by atoms with E-state index < -0.39 is 23.9 Å². The number of primary amides is 1. The van der Waals surface area contributed by atoms with Crippen LogP contribution >= 0.6 is 34.3 Å². The third-order valence-corrected chi connectivity index (χ3v) is 7.41. The van der Waals surface area contributed by atoms with Crippen molar-refractivity contribution in [2.24, 2.45) is 5.73 Å². The van der Waals surface area contributed by atoms with E-state index >= 15 is 0 Å². The molecular formula is C22H20ClN3O4S2. The Hall–Kier alpha value is -2.75. The number of nitrogens with one attached hydrogen (secondary N) is 1. The van der Waals surface area contributed by atoms with Crippen LogP contribution in [-0.2, 0) is 33.6 Å². The topological polar surface area (TPSA) is 111 Å². The Balaban J connectivity index is 1.36. The number of carbonyl (C=O) groups excluding carboxylic acids is 3. The molecular weight excluding hydrogens is 470 g/mol. The minimum Gasteiger partial charge on any atom is -0.452 e. The Bertz CT molecular complexity index is 1200. The third kappa shape index (κ3) is 4.85. The monoisotopic (exact) mass is 489 g/mol. The molecule has 1 aromatic carbocycles. The number of halogens is 1. The number of nitrogens with zero attached hydrogens (tertiary/aromatic N) is 1. The summed E-state index contributed by atoms with van der Waals surface area (Å²) >= 11 is 8.77. The van der Waals surface area contributed by atoms with Crippen molar-refractivity contribution in [1.82, 2.24) is 4.98 Å². The Morgan fingerprint density at radius 1 is 1.31 bits per heavy atom. The molecule has 1 unspecified atom stereocenters. The fourth-order valence-electron chi connectivity index (χ4n) is 3.55. The molecule has 0 saturated heterocycles. The third-order valence-electron chi connectivity index (χ3n) is 5.03. The molecule has 0 aliphatic heterocycles. The molecule has 1 atom stereocenters. The fraction of sp³-hybridized carbons (Fsp3) is 0.273. The zero-order valence-corrected chi connectivity index (χ0v) is 19.5. The second-order valence-electron chi connectivity index (χ2n) is 7.38. The molecule has 0 saturated carbocycles. The number of amides is 2. The highest BCUT2D eigenvalue weighted by molar-refractivity contribution is 7.17. The Labute approximate surface area is 197 Å².